The monoisotopic (exact) mass is 299 g/mol. The van der Waals surface area contributed by atoms with E-state index in [0.29, 0.717) is 5.69 Å². The number of rotatable bonds is 4. The molecule has 0 fully saturated rings. The third kappa shape index (κ3) is 3.12. The summed E-state index contributed by atoms with van der Waals surface area (Å²) in [5, 5.41) is 0.193. The Morgan fingerprint density at radius 3 is 2.74 bits per heavy atom. The van der Waals surface area contributed by atoms with Gasteiger partial charge < -0.3 is 4.74 Å². The number of hydrogen-bond acceptors (Lipinski definition) is 5. The number of ether oxygens (including phenoxy) is 1. The van der Waals surface area contributed by atoms with E-state index in [9.17, 15) is 8.42 Å². The van der Waals surface area contributed by atoms with Crippen LogP contribution >= 0.6 is 11.6 Å². The molecule has 0 aliphatic rings. The highest BCUT2D eigenvalue weighted by molar-refractivity contribution is 7.92. The number of pyridine rings is 2. The van der Waals surface area contributed by atoms with Gasteiger partial charge in [-0.05, 0) is 24.3 Å². The summed E-state index contributed by atoms with van der Waals surface area (Å²) in [4.78, 5) is 7.56. The van der Waals surface area contributed by atoms with Crippen molar-refractivity contribution in [3.63, 3.8) is 0 Å². The minimum atomic E-state index is -3.80. The van der Waals surface area contributed by atoms with E-state index in [2.05, 4.69) is 14.7 Å². The van der Waals surface area contributed by atoms with Gasteiger partial charge in [0.15, 0.2) is 0 Å². The zero-order valence-electron chi connectivity index (χ0n) is 9.87. The Bertz CT molecular complexity index is 691. The van der Waals surface area contributed by atoms with Crippen LogP contribution in [0.1, 0.15) is 0 Å². The molecule has 0 saturated carbocycles. The van der Waals surface area contributed by atoms with E-state index in [4.69, 9.17) is 16.3 Å². The summed E-state index contributed by atoms with van der Waals surface area (Å²) in [6.07, 6.45) is 2.85. The molecule has 0 amide bonds. The van der Waals surface area contributed by atoms with E-state index in [1.807, 2.05) is 0 Å². The van der Waals surface area contributed by atoms with Crippen LogP contribution in [0.15, 0.2) is 41.6 Å². The lowest BCUT2D eigenvalue weighted by Gasteiger charge is -2.10. The predicted octanol–water partition coefficient (Wildman–Crippen LogP) is 1.94. The molecule has 0 atom stereocenters. The Kier molecular flexibility index (Phi) is 3.87. The lowest BCUT2D eigenvalue weighted by Crippen LogP contribution is -2.14. The molecule has 1 N–H and O–H groups in total. The fourth-order valence-corrected chi connectivity index (χ4v) is 2.75. The summed E-state index contributed by atoms with van der Waals surface area (Å²) >= 11 is 5.70. The maximum absolute atomic E-state index is 12.2. The van der Waals surface area contributed by atoms with Crippen LogP contribution in [0.3, 0.4) is 0 Å². The number of sulfonamides is 1. The second-order valence-corrected chi connectivity index (χ2v) is 5.52. The average Bonchev–Trinajstić information content (AvgIpc) is 2.38. The summed E-state index contributed by atoms with van der Waals surface area (Å²) in [7, 11) is -2.44. The number of aromatic nitrogens is 2. The molecule has 8 heteroatoms. The molecule has 6 nitrogen and oxygen atoms in total. The molecule has 0 aliphatic heterocycles. The standard InChI is InChI=1S/C11H10ClN3O3S/c1-18-11-9(3-2-5-14-11)19(16,17)15-8-4-6-13-10(12)7-8/h2-7H,1H3,(H,13,15). The van der Waals surface area contributed by atoms with Crippen molar-refractivity contribution in [2.45, 2.75) is 4.90 Å². The van der Waals surface area contributed by atoms with Gasteiger partial charge in [-0.2, -0.15) is 0 Å². The van der Waals surface area contributed by atoms with Crippen molar-refractivity contribution in [3.8, 4) is 5.88 Å². The van der Waals surface area contributed by atoms with Crippen LogP contribution in [0, 0.1) is 0 Å². The maximum Gasteiger partial charge on any atom is 0.267 e. The molecule has 0 unspecified atom stereocenters. The van der Waals surface area contributed by atoms with Gasteiger partial charge in [-0.1, -0.05) is 11.6 Å². The van der Waals surface area contributed by atoms with Gasteiger partial charge in [0.25, 0.3) is 10.0 Å². The van der Waals surface area contributed by atoms with Crippen LogP contribution in [0.2, 0.25) is 5.15 Å². The topological polar surface area (TPSA) is 81.2 Å². The molecular formula is C11H10ClN3O3S. The van der Waals surface area contributed by atoms with Gasteiger partial charge in [0.1, 0.15) is 10.0 Å². The van der Waals surface area contributed by atoms with E-state index < -0.39 is 10.0 Å². The Morgan fingerprint density at radius 2 is 2.05 bits per heavy atom. The molecule has 0 spiro atoms. The largest absolute Gasteiger partial charge is 0.480 e. The molecule has 0 bridgehead atoms. The first-order valence-electron chi connectivity index (χ1n) is 5.16. The Morgan fingerprint density at radius 1 is 1.26 bits per heavy atom. The molecule has 0 aromatic carbocycles. The van der Waals surface area contributed by atoms with Gasteiger partial charge in [0, 0.05) is 12.4 Å². The van der Waals surface area contributed by atoms with Crippen LogP contribution in [-0.2, 0) is 10.0 Å². The van der Waals surface area contributed by atoms with Crippen molar-refractivity contribution >= 4 is 27.3 Å². The molecule has 2 aromatic heterocycles. The first-order chi connectivity index (χ1) is 9.03. The first kappa shape index (κ1) is 13.6. The zero-order valence-corrected chi connectivity index (χ0v) is 11.4. The normalized spacial score (nSPS) is 11.1. The number of methoxy groups -OCH3 is 1. The zero-order chi connectivity index (χ0) is 13.9. The first-order valence-corrected chi connectivity index (χ1v) is 7.02. The summed E-state index contributed by atoms with van der Waals surface area (Å²) in [6, 6.07) is 5.81. The number of anilines is 1. The van der Waals surface area contributed by atoms with E-state index in [1.54, 1.807) is 0 Å². The second-order valence-electron chi connectivity index (χ2n) is 3.48. The maximum atomic E-state index is 12.2. The fraction of sp³-hybridized carbons (Fsp3) is 0.0909. The summed E-state index contributed by atoms with van der Waals surface area (Å²) < 4.78 is 31.7. The van der Waals surface area contributed by atoms with Gasteiger partial charge >= 0.3 is 0 Å². The van der Waals surface area contributed by atoms with Crippen molar-refractivity contribution in [1.29, 1.82) is 0 Å². The summed E-state index contributed by atoms with van der Waals surface area (Å²) in [5.74, 6) is 0.0233. The number of halogens is 1. The molecular weight excluding hydrogens is 290 g/mol. The average molecular weight is 300 g/mol. The van der Waals surface area contributed by atoms with Crippen molar-refractivity contribution < 1.29 is 13.2 Å². The molecule has 2 heterocycles. The highest BCUT2D eigenvalue weighted by Gasteiger charge is 2.20. The van der Waals surface area contributed by atoms with Crippen molar-refractivity contribution in [2.75, 3.05) is 11.8 Å². The lowest BCUT2D eigenvalue weighted by molar-refractivity contribution is 0.385. The minimum Gasteiger partial charge on any atom is -0.480 e. The number of nitrogens with zero attached hydrogens (tertiary/aromatic N) is 2. The van der Waals surface area contributed by atoms with Crippen LogP contribution in [0.4, 0.5) is 5.69 Å². The van der Waals surface area contributed by atoms with Crippen LogP contribution in [0.25, 0.3) is 0 Å². The van der Waals surface area contributed by atoms with Crippen LogP contribution < -0.4 is 9.46 Å². The van der Waals surface area contributed by atoms with E-state index in [-0.39, 0.29) is 15.9 Å². The molecule has 19 heavy (non-hydrogen) atoms. The summed E-state index contributed by atoms with van der Waals surface area (Å²) in [6.45, 7) is 0. The highest BCUT2D eigenvalue weighted by atomic mass is 35.5. The molecule has 0 aliphatic carbocycles. The quantitative estimate of drug-likeness (QED) is 0.873. The molecule has 0 saturated heterocycles. The molecule has 0 radical (unpaired) electrons. The predicted molar refractivity (Wildman–Crippen MR) is 70.8 cm³/mol. The van der Waals surface area contributed by atoms with Gasteiger partial charge in [0.2, 0.25) is 5.88 Å². The van der Waals surface area contributed by atoms with Gasteiger partial charge in [-0.15, -0.1) is 0 Å². The Labute approximate surface area is 115 Å². The van der Waals surface area contributed by atoms with Gasteiger partial charge in [0.05, 0.1) is 12.8 Å². The van der Waals surface area contributed by atoms with Crippen molar-refractivity contribution in [2.24, 2.45) is 0 Å². The highest BCUT2D eigenvalue weighted by Crippen LogP contribution is 2.23. The lowest BCUT2D eigenvalue weighted by atomic mass is 10.4. The van der Waals surface area contributed by atoms with Crippen molar-refractivity contribution in [3.05, 3.63) is 41.8 Å². The minimum absolute atomic E-state index is 0.0233. The molecule has 2 rings (SSSR count). The van der Waals surface area contributed by atoms with Crippen LogP contribution in [-0.4, -0.2) is 25.5 Å². The molecule has 100 valence electrons. The fourth-order valence-electron chi connectivity index (χ4n) is 1.41. The number of nitrogens with one attached hydrogen (secondary N) is 1. The third-order valence-electron chi connectivity index (χ3n) is 2.20. The second kappa shape index (κ2) is 5.41. The van der Waals surface area contributed by atoms with Crippen LogP contribution in [0.5, 0.6) is 5.88 Å². The van der Waals surface area contributed by atoms with Gasteiger partial charge in [-0.25, -0.2) is 18.4 Å². The van der Waals surface area contributed by atoms with E-state index in [1.165, 1.54) is 43.8 Å². The Hall–Kier alpha value is -1.86. The summed E-state index contributed by atoms with van der Waals surface area (Å²) in [5.41, 5.74) is 0.311. The van der Waals surface area contributed by atoms with Crippen molar-refractivity contribution in [1.82, 2.24) is 9.97 Å². The number of hydrogen-bond donors (Lipinski definition) is 1. The SMILES string of the molecule is COc1ncccc1S(=O)(=O)Nc1ccnc(Cl)c1. The molecule has 2 aromatic rings. The smallest absolute Gasteiger partial charge is 0.267 e. The third-order valence-corrected chi connectivity index (χ3v) is 3.80. The van der Waals surface area contributed by atoms with E-state index in [0.717, 1.165) is 0 Å². The Balaban J connectivity index is 2.38. The van der Waals surface area contributed by atoms with E-state index >= 15 is 0 Å². The van der Waals surface area contributed by atoms with Gasteiger partial charge in [-0.3, -0.25) is 4.72 Å².